The maximum atomic E-state index is 12.5. The fourth-order valence-corrected chi connectivity index (χ4v) is 3.67. The average Bonchev–Trinajstić information content (AvgIpc) is 2.70. The van der Waals surface area contributed by atoms with Crippen molar-refractivity contribution in [3.05, 3.63) is 89.5 Å². The molecule has 0 saturated heterocycles. The van der Waals surface area contributed by atoms with Gasteiger partial charge in [0.15, 0.2) is 6.10 Å². The molecular formula is C24H25NO2S. The van der Waals surface area contributed by atoms with Crippen molar-refractivity contribution in [1.29, 1.82) is 0 Å². The van der Waals surface area contributed by atoms with Crippen LogP contribution < -0.4 is 10.1 Å². The lowest BCUT2D eigenvalue weighted by Gasteiger charge is -2.17. The van der Waals surface area contributed by atoms with E-state index in [2.05, 4.69) is 29.6 Å². The topological polar surface area (TPSA) is 38.3 Å². The van der Waals surface area contributed by atoms with Gasteiger partial charge in [0.2, 0.25) is 0 Å². The van der Waals surface area contributed by atoms with Crippen LogP contribution in [0.3, 0.4) is 0 Å². The van der Waals surface area contributed by atoms with Gasteiger partial charge in [-0.2, -0.15) is 0 Å². The predicted octanol–water partition coefficient (Wildman–Crippen LogP) is 6.00. The first-order valence-corrected chi connectivity index (χ1v) is 10.3. The van der Waals surface area contributed by atoms with E-state index in [0.717, 1.165) is 28.3 Å². The fraction of sp³-hybridized carbons (Fsp3) is 0.208. The lowest BCUT2D eigenvalue weighted by Crippen LogP contribution is -2.30. The SMILES string of the molecule is Cc1cc(CSc2ccccc2)ccc1NC(=O)[C@H](C)Oc1ccccc1C. The number of carbonyl (C=O) groups excluding carboxylic acids is 1. The molecule has 0 aromatic heterocycles. The molecule has 1 N–H and O–H groups in total. The average molecular weight is 392 g/mol. The van der Waals surface area contributed by atoms with Gasteiger partial charge in [0.1, 0.15) is 5.75 Å². The van der Waals surface area contributed by atoms with Gasteiger partial charge in [0.05, 0.1) is 0 Å². The van der Waals surface area contributed by atoms with Crippen molar-refractivity contribution < 1.29 is 9.53 Å². The number of nitrogens with one attached hydrogen (secondary N) is 1. The largest absolute Gasteiger partial charge is 0.481 e. The smallest absolute Gasteiger partial charge is 0.265 e. The van der Waals surface area contributed by atoms with Gasteiger partial charge in [0, 0.05) is 16.3 Å². The molecule has 0 aliphatic rings. The van der Waals surface area contributed by atoms with E-state index in [1.807, 2.05) is 62.4 Å². The van der Waals surface area contributed by atoms with Crippen LogP contribution in [-0.2, 0) is 10.5 Å². The molecule has 3 aromatic carbocycles. The number of carbonyl (C=O) groups is 1. The summed E-state index contributed by atoms with van der Waals surface area (Å²) >= 11 is 1.80. The standard InChI is InChI=1S/C24H25NO2S/c1-17-9-7-8-12-23(17)27-19(3)24(26)25-22-14-13-20(15-18(22)2)16-28-21-10-5-4-6-11-21/h4-15,19H,16H2,1-3H3,(H,25,26)/t19-/m0/s1. The number of hydrogen-bond donors (Lipinski definition) is 1. The molecule has 0 bridgehead atoms. The van der Waals surface area contributed by atoms with Crippen LogP contribution in [0.5, 0.6) is 5.75 Å². The third-order valence-electron chi connectivity index (χ3n) is 4.46. The Morgan fingerprint density at radius 3 is 2.39 bits per heavy atom. The van der Waals surface area contributed by atoms with Gasteiger partial charge in [-0.3, -0.25) is 4.79 Å². The minimum absolute atomic E-state index is 0.155. The maximum Gasteiger partial charge on any atom is 0.265 e. The van der Waals surface area contributed by atoms with Crippen LogP contribution in [0.1, 0.15) is 23.6 Å². The van der Waals surface area contributed by atoms with E-state index in [-0.39, 0.29) is 5.91 Å². The Hall–Kier alpha value is -2.72. The Balaban J connectivity index is 1.59. The summed E-state index contributed by atoms with van der Waals surface area (Å²) in [5, 5.41) is 2.98. The highest BCUT2D eigenvalue weighted by molar-refractivity contribution is 7.98. The Bertz CT molecular complexity index is 940. The van der Waals surface area contributed by atoms with Crippen LogP contribution in [0, 0.1) is 13.8 Å². The third-order valence-corrected chi connectivity index (χ3v) is 5.55. The molecular weight excluding hydrogens is 366 g/mol. The number of para-hydroxylation sites is 1. The Morgan fingerprint density at radius 2 is 1.68 bits per heavy atom. The second-order valence-corrected chi connectivity index (χ2v) is 7.81. The molecule has 3 aromatic rings. The van der Waals surface area contributed by atoms with E-state index >= 15 is 0 Å². The molecule has 1 amide bonds. The molecule has 0 saturated carbocycles. The molecule has 0 aliphatic heterocycles. The molecule has 4 heteroatoms. The van der Waals surface area contributed by atoms with Crippen molar-refractivity contribution in [3.63, 3.8) is 0 Å². The van der Waals surface area contributed by atoms with Gasteiger partial charge in [-0.25, -0.2) is 0 Å². The zero-order valence-corrected chi connectivity index (χ0v) is 17.3. The minimum Gasteiger partial charge on any atom is -0.481 e. The van der Waals surface area contributed by atoms with Crippen molar-refractivity contribution in [2.45, 2.75) is 37.5 Å². The van der Waals surface area contributed by atoms with Gasteiger partial charge in [0.25, 0.3) is 5.91 Å². The molecule has 0 fully saturated rings. The molecule has 1 atom stereocenters. The monoisotopic (exact) mass is 391 g/mol. The zero-order valence-electron chi connectivity index (χ0n) is 16.4. The number of benzene rings is 3. The summed E-state index contributed by atoms with van der Waals surface area (Å²) in [6.07, 6.45) is -0.575. The first kappa shape index (κ1) is 20.0. The highest BCUT2D eigenvalue weighted by atomic mass is 32.2. The highest BCUT2D eigenvalue weighted by Gasteiger charge is 2.16. The van der Waals surface area contributed by atoms with Crippen molar-refractivity contribution in [3.8, 4) is 5.75 Å². The Morgan fingerprint density at radius 1 is 0.964 bits per heavy atom. The summed E-state index contributed by atoms with van der Waals surface area (Å²) in [5.41, 5.74) is 4.11. The number of thioether (sulfide) groups is 1. The van der Waals surface area contributed by atoms with Gasteiger partial charge < -0.3 is 10.1 Å². The number of hydrogen-bond acceptors (Lipinski definition) is 3. The van der Waals surface area contributed by atoms with Crippen LogP contribution in [0.2, 0.25) is 0 Å². The number of anilines is 1. The maximum absolute atomic E-state index is 12.5. The van der Waals surface area contributed by atoms with E-state index in [9.17, 15) is 4.79 Å². The van der Waals surface area contributed by atoms with Gasteiger partial charge in [-0.1, -0.05) is 48.5 Å². The zero-order chi connectivity index (χ0) is 19.9. The molecule has 28 heavy (non-hydrogen) atoms. The number of rotatable bonds is 7. The molecule has 0 spiro atoms. The van der Waals surface area contributed by atoms with E-state index < -0.39 is 6.10 Å². The van der Waals surface area contributed by atoms with E-state index in [0.29, 0.717) is 0 Å². The highest BCUT2D eigenvalue weighted by Crippen LogP contribution is 2.25. The molecule has 0 heterocycles. The first-order chi connectivity index (χ1) is 13.5. The van der Waals surface area contributed by atoms with Crippen LogP contribution in [-0.4, -0.2) is 12.0 Å². The summed E-state index contributed by atoms with van der Waals surface area (Å²) in [4.78, 5) is 13.8. The molecule has 0 aliphatic carbocycles. The number of aryl methyl sites for hydroxylation is 2. The van der Waals surface area contributed by atoms with Crippen molar-refractivity contribution in [2.75, 3.05) is 5.32 Å². The molecule has 144 valence electrons. The van der Waals surface area contributed by atoms with Crippen LogP contribution in [0.15, 0.2) is 77.7 Å². The summed E-state index contributed by atoms with van der Waals surface area (Å²) in [6, 6.07) is 24.2. The van der Waals surface area contributed by atoms with E-state index in [4.69, 9.17) is 4.74 Å². The lowest BCUT2D eigenvalue weighted by atomic mass is 10.1. The second-order valence-electron chi connectivity index (χ2n) is 6.77. The molecule has 0 unspecified atom stereocenters. The second kappa shape index (κ2) is 9.47. The van der Waals surface area contributed by atoms with E-state index in [1.54, 1.807) is 18.7 Å². The number of amides is 1. The lowest BCUT2D eigenvalue weighted by molar-refractivity contribution is -0.122. The quantitative estimate of drug-likeness (QED) is 0.502. The van der Waals surface area contributed by atoms with Crippen molar-refractivity contribution >= 4 is 23.4 Å². The van der Waals surface area contributed by atoms with Crippen molar-refractivity contribution in [1.82, 2.24) is 0 Å². The fourth-order valence-electron chi connectivity index (χ4n) is 2.81. The summed E-state index contributed by atoms with van der Waals surface area (Å²) in [6.45, 7) is 5.75. The van der Waals surface area contributed by atoms with Gasteiger partial charge in [-0.05, 0) is 61.7 Å². The normalized spacial score (nSPS) is 11.7. The summed E-state index contributed by atoms with van der Waals surface area (Å²) in [5.74, 6) is 1.47. The van der Waals surface area contributed by atoms with Gasteiger partial charge in [-0.15, -0.1) is 11.8 Å². The molecule has 3 rings (SSSR count). The van der Waals surface area contributed by atoms with Crippen molar-refractivity contribution in [2.24, 2.45) is 0 Å². The van der Waals surface area contributed by atoms with Gasteiger partial charge >= 0.3 is 0 Å². The minimum atomic E-state index is -0.575. The number of ether oxygens (including phenoxy) is 1. The van der Waals surface area contributed by atoms with Crippen LogP contribution in [0.25, 0.3) is 0 Å². The van der Waals surface area contributed by atoms with Crippen LogP contribution in [0.4, 0.5) is 5.69 Å². The predicted molar refractivity (Wildman–Crippen MR) is 117 cm³/mol. The first-order valence-electron chi connectivity index (χ1n) is 9.33. The summed E-state index contributed by atoms with van der Waals surface area (Å²) in [7, 11) is 0. The molecule has 0 radical (unpaired) electrons. The Kier molecular flexibility index (Phi) is 6.77. The van der Waals surface area contributed by atoms with E-state index in [1.165, 1.54) is 10.5 Å². The van der Waals surface area contributed by atoms with Crippen LogP contribution >= 0.6 is 11.8 Å². The third kappa shape index (κ3) is 5.40. The summed E-state index contributed by atoms with van der Waals surface area (Å²) < 4.78 is 5.81. The molecule has 3 nitrogen and oxygen atoms in total. The Labute approximate surface area is 171 Å².